The molecule has 3 amide bonds. The molecule has 14 heteroatoms. The van der Waals surface area contributed by atoms with E-state index in [4.69, 9.17) is 14.2 Å². The molecule has 4 atom stereocenters. The Morgan fingerprint density at radius 3 is 2.34 bits per heavy atom. The minimum absolute atomic E-state index is 0.157. The predicted octanol–water partition coefficient (Wildman–Crippen LogP) is -0.168. The highest BCUT2D eigenvalue weighted by molar-refractivity contribution is 6.14. The average molecular weight is 621 g/mol. The van der Waals surface area contributed by atoms with Crippen molar-refractivity contribution in [2.24, 2.45) is 0 Å². The van der Waals surface area contributed by atoms with Crippen molar-refractivity contribution in [2.75, 3.05) is 47.3 Å². The maximum Gasteiger partial charge on any atom is 0.333 e. The van der Waals surface area contributed by atoms with E-state index in [0.717, 1.165) is 29.2 Å². The summed E-state index contributed by atoms with van der Waals surface area (Å²) in [6.45, 7) is 2.35. The lowest BCUT2D eigenvalue weighted by molar-refractivity contribution is -0.870. The third-order valence-corrected chi connectivity index (χ3v) is 7.21. The van der Waals surface area contributed by atoms with Crippen molar-refractivity contribution in [2.45, 2.75) is 63.8 Å². The van der Waals surface area contributed by atoms with Crippen LogP contribution in [-0.2, 0) is 46.5 Å². The second kappa shape index (κ2) is 15.2. The fraction of sp³-hybridized carbons (Fsp3) is 0.567. The number of aliphatic carboxylic acids is 1. The van der Waals surface area contributed by atoms with Crippen LogP contribution in [0.1, 0.15) is 37.3 Å². The number of aliphatic hydroxyl groups is 2. The number of carbonyl (C=O) groups is 5. The van der Waals surface area contributed by atoms with E-state index in [1.54, 1.807) is 23.1 Å². The molecule has 0 spiro atoms. The Kier molecular flexibility index (Phi) is 12.0. The predicted molar refractivity (Wildman–Crippen MR) is 154 cm³/mol. The number of hydrogen-bond acceptors (Lipinski definition) is 10. The van der Waals surface area contributed by atoms with E-state index in [2.05, 4.69) is 0 Å². The van der Waals surface area contributed by atoms with Crippen LogP contribution in [0.25, 0.3) is 0 Å². The Morgan fingerprint density at radius 1 is 1.07 bits per heavy atom. The van der Waals surface area contributed by atoms with Crippen molar-refractivity contribution in [3.63, 3.8) is 0 Å². The number of carboxylic acid groups (broad SMARTS) is 1. The summed E-state index contributed by atoms with van der Waals surface area (Å²) in [6.07, 6.45) is -2.12. The monoisotopic (exact) mass is 620 g/mol. The minimum Gasteiger partial charge on any atom is -0.479 e. The van der Waals surface area contributed by atoms with Gasteiger partial charge in [0.25, 0.3) is 11.8 Å². The summed E-state index contributed by atoms with van der Waals surface area (Å²) < 4.78 is 17.0. The van der Waals surface area contributed by atoms with Gasteiger partial charge in [0.15, 0.2) is 6.10 Å². The largest absolute Gasteiger partial charge is 0.479 e. The first-order valence-electron chi connectivity index (χ1n) is 14.4. The number of imide groups is 1. The van der Waals surface area contributed by atoms with E-state index in [-0.39, 0.29) is 31.2 Å². The third kappa shape index (κ3) is 10.1. The van der Waals surface area contributed by atoms with E-state index in [0.29, 0.717) is 42.4 Å². The van der Waals surface area contributed by atoms with Gasteiger partial charge in [0.05, 0.1) is 33.8 Å². The third-order valence-electron chi connectivity index (χ3n) is 7.21. The first kappa shape index (κ1) is 34.6. The standard InChI is InChI=1S/C30H41N3O11/c1-19(34)42-18-21-9-8-20(15-23(21)43-30-28(39)22(35)16-24(44-30)29(40)41)7-5-12-31(13-6-14-33(2,3)4)27(38)17-32-25(36)10-11-26(32)37/h8-11,15,22,24,28,30,35,39H,5-7,12-14,16-18H2,1-4H3/p+1/t22-,24-,28+,30+/m0/s1. The van der Waals surface area contributed by atoms with Gasteiger partial charge in [-0.25, -0.2) is 4.79 Å². The fourth-order valence-electron chi connectivity index (χ4n) is 4.78. The van der Waals surface area contributed by atoms with Gasteiger partial charge in [0.1, 0.15) is 25.0 Å². The number of ether oxygens (including phenoxy) is 3. The number of quaternary nitrogens is 1. The van der Waals surface area contributed by atoms with Gasteiger partial charge in [-0.05, 0) is 24.5 Å². The van der Waals surface area contributed by atoms with Crippen molar-refractivity contribution in [1.29, 1.82) is 0 Å². The second-order valence-corrected chi connectivity index (χ2v) is 11.9. The van der Waals surface area contributed by atoms with Gasteiger partial charge in [-0.1, -0.05) is 12.1 Å². The van der Waals surface area contributed by atoms with Crippen LogP contribution < -0.4 is 4.74 Å². The molecule has 2 heterocycles. The highest BCUT2D eigenvalue weighted by atomic mass is 16.7. The van der Waals surface area contributed by atoms with Gasteiger partial charge in [-0.15, -0.1) is 0 Å². The highest BCUT2D eigenvalue weighted by Crippen LogP contribution is 2.28. The minimum atomic E-state index is -1.52. The van der Waals surface area contributed by atoms with E-state index in [1.807, 2.05) is 21.1 Å². The summed E-state index contributed by atoms with van der Waals surface area (Å²) in [4.78, 5) is 62.6. The Bertz CT molecular complexity index is 1240. The summed E-state index contributed by atoms with van der Waals surface area (Å²) in [6, 6.07) is 5.09. The van der Waals surface area contributed by atoms with Gasteiger partial charge in [0, 0.05) is 50.6 Å². The quantitative estimate of drug-likeness (QED) is 0.135. The van der Waals surface area contributed by atoms with Gasteiger partial charge < -0.3 is 38.9 Å². The molecule has 14 nitrogen and oxygen atoms in total. The van der Waals surface area contributed by atoms with Crippen molar-refractivity contribution in [1.82, 2.24) is 9.80 Å². The van der Waals surface area contributed by atoms with Crippen LogP contribution in [0.2, 0.25) is 0 Å². The second-order valence-electron chi connectivity index (χ2n) is 11.9. The number of hydrogen-bond donors (Lipinski definition) is 3. The smallest absolute Gasteiger partial charge is 0.333 e. The molecule has 0 bridgehead atoms. The zero-order valence-electron chi connectivity index (χ0n) is 25.5. The van der Waals surface area contributed by atoms with Crippen molar-refractivity contribution in [3.05, 3.63) is 41.5 Å². The van der Waals surface area contributed by atoms with Crippen LogP contribution in [0.15, 0.2) is 30.4 Å². The van der Waals surface area contributed by atoms with Crippen molar-refractivity contribution < 1.29 is 58.0 Å². The lowest BCUT2D eigenvalue weighted by Crippen LogP contribution is -2.52. The van der Waals surface area contributed by atoms with E-state index in [9.17, 15) is 39.3 Å². The molecule has 2 aliphatic rings. The molecule has 1 aromatic carbocycles. The van der Waals surface area contributed by atoms with Crippen LogP contribution in [0, 0.1) is 0 Å². The molecular weight excluding hydrogens is 578 g/mol. The summed E-state index contributed by atoms with van der Waals surface area (Å²) in [7, 11) is 6.14. The SMILES string of the molecule is CC(=O)OCc1ccc(CCCN(CCC[N+](C)(C)C)C(=O)CN2C(=O)C=CC2=O)cc1O[C@@H]1O[C@H](C(=O)O)C[C@H](O)[C@H]1O. The molecule has 0 saturated carbocycles. The summed E-state index contributed by atoms with van der Waals surface area (Å²) in [5.41, 5.74) is 1.19. The maximum absolute atomic E-state index is 13.2. The van der Waals surface area contributed by atoms with Crippen molar-refractivity contribution >= 4 is 29.7 Å². The van der Waals surface area contributed by atoms with Gasteiger partial charge in [-0.3, -0.25) is 24.1 Å². The van der Waals surface area contributed by atoms with Crippen LogP contribution in [0.5, 0.6) is 5.75 Å². The molecule has 44 heavy (non-hydrogen) atoms. The average Bonchev–Trinajstić information content (AvgIpc) is 3.25. The number of amides is 3. The zero-order chi connectivity index (χ0) is 32.6. The van der Waals surface area contributed by atoms with Crippen LogP contribution in [0.4, 0.5) is 0 Å². The number of benzene rings is 1. The zero-order valence-corrected chi connectivity index (χ0v) is 25.5. The number of aliphatic hydroxyl groups excluding tert-OH is 2. The summed E-state index contributed by atoms with van der Waals surface area (Å²) in [5, 5.41) is 29.9. The van der Waals surface area contributed by atoms with Gasteiger partial charge in [-0.2, -0.15) is 0 Å². The number of rotatable bonds is 15. The summed E-state index contributed by atoms with van der Waals surface area (Å²) >= 11 is 0. The first-order chi connectivity index (χ1) is 20.6. The van der Waals surface area contributed by atoms with Crippen LogP contribution in [0.3, 0.4) is 0 Å². The number of aryl methyl sites for hydroxylation is 1. The molecule has 0 unspecified atom stereocenters. The topological polar surface area (TPSA) is 180 Å². The lowest BCUT2D eigenvalue weighted by Gasteiger charge is -2.35. The maximum atomic E-state index is 13.2. The number of esters is 1. The number of nitrogens with zero attached hydrogens (tertiary/aromatic N) is 3. The first-order valence-corrected chi connectivity index (χ1v) is 14.4. The lowest BCUT2D eigenvalue weighted by atomic mass is 10.0. The summed E-state index contributed by atoms with van der Waals surface area (Å²) in [5.74, 6) is -3.06. The molecule has 0 radical (unpaired) electrons. The molecule has 3 rings (SSSR count). The number of carbonyl (C=O) groups excluding carboxylic acids is 4. The normalized spacial score (nSPS) is 21.8. The molecule has 1 aromatic rings. The fourth-order valence-corrected chi connectivity index (χ4v) is 4.78. The molecule has 0 aliphatic carbocycles. The van der Waals surface area contributed by atoms with Crippen LogP contribution in [-0.4, -0.2) is 131 Å². The molecule has 242 valence electrons. The Balaban J connectivity index is 1.72. The van der Waals surface area contributed by atoms with E-state index in [1.165, 1.54) is 6.92 Å². The molecule has 1 fully saturated rings. The Labute approximate surface area is 256 Å². The Hall–Kier alpha value is -3.85. The highest BCUT2D eigenvalue weighted by Gasteiger charge is 2.41. The molecule has 0 aromatic heterocycles. The molecule has 3 N–H and O–H groups in total. The van der Waals surface area contributed by atoms with Crippen molar-refractivity contribution in [3.8, 4) is 5.75 Å². The van der Waals surface area contributed by atoms with Gasteiger partial charge >= 0.3 is 11.9 Å². The van der Waals surface area contributed by atoms with Crippen LogP contribution >= 0.6 is 0 Å². The Morgan fingerprint density at radius 2 is 1.73 bits per heavy atom. The molecule has 2 aliphatic heterocycles. The molecular formula is C30H42N3O11+. The van der Waals surface area contributed by atoms with E-state index < -0.39 is 48.4 Å². The van der Waals surface area contributed by atoms with E-state index >= 15 is 0 Å². The van der Waals surface area contributed by atoms with Gasteiger partial charge in [0.2, 0.25) is 12.2 Å². The molecule has 1 saturated heterocycles. The number of carboxylic acids is 1.